The summed E-state index contributed by atoms with van der Waals surface area (Å²) in [5.74, 6) is 0.601. The number of benzene rings is 4. The van der Waals surface area contributed by atoms with Crippen LogP contribution in [-0.4, -0.2) is 12.5 Å². The molecule has 0 aliphatic carbocycles. The normalized spacial score (nSPS) is 10.7. The Morgan fingerprint density at radius 1 is 0.867 bits per heavy atom. The second-order valence-electron chi connectivity index (χ2n) is 7.24. The highest BCUT2D eigenvalue weighted by atomic mass is 79.9. The van der Waals surface area contributed by atoms with Gasteiger partial charge in [-0.1, -0.05) is 76.1 Å². The molecule has 4 rings (SSSR count). The first-order valence-electron chi connectivity index (χ1n) is 9.81. The van der Waals surface area contributed by atoms with E-state index in [-0.39, 0.29) is 12.5 Å². The highest BCUT2D eigenvalue weighted by molar-refractivity contribution is 9.10. The summed E-state index contributed by atoms with van der Waals surface area (Å²) in [4.78, 5) is 14.9. The van der Waals surface area contributed by atoms with Gasteiger partial charge in [0.15, 0.2) is 6.61 Å². The van der Waals surface area contributed by atoms with Gasteiger partial charge in [0, 0.05) is 10.2 Å². The molecule has 0 saturated heterocycles. The Hall–Kier alpha value is -3.11. The molecular weight excluding hydrogens is 438 g/mol. The van der Waals surface area contributed by atoms with E-state index in [4.69, 9.17) is 4.74 Å². The number of hydrogen-bond acceptors (Lipinski definition) is 2. The predicted octanol–water partition coefficient (Wildman–Crippen LogP) is 6.52. The van der Waals surface area contributed by atoms with Gasteiger partial charge in [0.05, 0.1) is 6.54 Å². The number of carbonyl (C=O) groups is 1. The summed E-state index contributed by atoms with van der Waals surface area (Å²) in [6.07, 6.45) is 0. The van der Waals surface area contributed by atoms with Crippen LogP contribution in [-0.2, 0) is 11.3 Å². The Balaban J connectivity index is 1.53. The summed E-state index contributed by atoms with van der Waals surface area (Å²) in [6, 6.07) is 30.0. The SMILES string of the molecule is Cc1ccc(N(Cc2ccc(Br)cc2)C(=O)COc2ccc3ccccc3c2)cc1. The van der Waals surface area contributed by atoms with Gasteiger partial charge in [-0.2, -0.15) is 0 Å². The van der Waals surface area contributed by atoms with E-state index >= 15 is 0 Å². The fraction of sp³-hybridized carbons (Fsp3) is 0.115. The third-order valence-corrected chi connectivity index (χ3v) is 5.51. The van der Waals surface area contributed by atoms with Crippen LogP contribution in [0.1, 0.15) is 11.1 Å². The second kappa shape index (κ2) is 9.14. The van der Waals surface area contributed by atoms with E-state index in [9.17, 15) is 4.79 Å². The highest BCUT2D eigenvalue weighted by Gasteiger charge is 2.17. The van der Waals surface area contributed by atoms with Crippen molar-refractivity contribution in [3.8, 4) is 5.75 Å². The minimum atomic E-state index is -0.0880. The molecule has 0 unspecified atom stereocenters. The molecule has 4 aromatic rings. The molecule has 0 saturated carbocycles. The van der Waals surface area contributed by atoms with Gasteiger partial charge in [-0.3, -0.25) is 4.79 Å². The van der Waals surface area contributed by atoms with Gasteiger partial charge in [0.2, 0.25) is 0 Å². The van der Waals surface area contributed by atoms with E-state index in [1.165, 1.54) is 0 Å². The molecule has 0 atom stereocenters. The van der Waals surface area contributed by atoms with Crippen LogP contribution >= 0.6 is 15.9 Å². The zero-order valence-electron chi connectivity index (χ0n) is 16.7. The molecule has 0 aromatic heterocycles. The molecule has 4 heteroatoms. The zero-order valence-corrected chi connectivity index (χ0v) is 18.3. The molecule has 0 aliphatic heterocycles. The van der Waals surface area contributed by atoms with E-state index in [0.29, 0.717) is 12.3 Å². The Kier molecular flexibility index (Phi) is 6.15. The predicted molar refractivity (Wildman–Crippen MR) is 126 cm³/mol. The number of ether oxygens (including phenoxy) is 1. The number of aryl methyl sites for hydroxylation is 1. The van der Waals surface area contributed by atoms with Crippen LogP contribution in [0.2, 0.25) is 0 Å². The number of anilines is 1. The summed E-state index contributed by atoms with van der Waals surface area (Å²) < 4.78 is 6.87. The summed E-state index contributed by atoms with van der Waals surface area (Å²) in [7, 11) is 0. The van der Waals surface area contributed by atoms with E-state index in [1.54, 1.807) is 4.90 Å². The quantitative estimate of drug-likeness (QED) is 0.328. The fourth-order valence-electron chi connectivity index (χ4n) is 3.30. The molecule has 0 aliphatic rings. The van der Waals surface area contributed by atoms with Gasteiger partial charge in [-0.15, -0.1) is 0 Å². The van der Waals surface area contributed by atoms with E-state index in [0.717, 1.165) is 32.1 Å². The average Bonchev–Trinajstić information content (AvgIpc) is 2.77. The fourth-order valence-corrected chi connectivity index (χ4v) is 3.57. The number of rotatable bonds is 6. The summed E-state index contributed by atoms with van der Waals surface area (Å²) >= 11 is 3.46. The van der Waals surface area contributed by atoms with Crippen LogP contribution in [0.15, 0.2) is 95.5 Å². The molecule has 0 N–H and O–H groups in total. The Labute approximate surface area is 185 Å². The Morgan fingerprint density at radius 3 is 2.30 bits per heavy atom. The number of carbonyl (C=O) groups excluding carboxylic acids is 1. The number of halogens is 1. The standard InChI is InChI=1S/C26H22BrNO2/c1-19-6-13-24(14-7-19)28(17-20-8-11-23(27)12-9-20)26(29)18-30-25-15-10-21-4-2-3-5-22(21)16-25/h2-16H,17-18H2,1H3. The third kappa shape index (κ3) is 4.89. The van der Waals surface area contributed by atoms with Crippen LogP contribution in [0.5, 0.6) is 5.75 Å². The van der Waals surface area contributed by atoms with Crippen molar-refractivity contribution in [3.63, 3.8) is 0 Å². The van der Waals surface area contributed by atoms with Crippen molar-refractivity contribution in [1.29, 1.82) is 0 Å². The smallest absolute Gasteiger partial charge is 0.265 e. The number of amides is 1. The van der Waals surface area contributed by atoms with Gasteiger partial charge in [-0.05, 0) is 59.7 Å². The van der Waals surface area contributed by atoms with Crippen molar-refractivity contribution in [2.45, 2.75) is 13.5 Å². The number of hydrogen-bond donors (Lipinski definition) is 0. The lowest BCUT2D eigenvalue weighted by Crippen LogP contribution is -2.34. The highest BCUT2D eigenvalue weighted by Crippen LogP contribution is 2.22. The van der Waals surface area contributed by atoms with E-state index < -0.39 is 0 Å². The molecule has 0 radical (unpaired) electrons. The van der Waals surface area contributed by atoms with Crippen LogP contribution in [0.25, 0.3) is 10.8 Å². The van der Waals surface area contributed by atoms with Gasteiger partial charge >= 0.3 is 0 Å². The minimum Gasteiger partial charge on any atom is -0.484 e. The molecule has 4 aromatic carbocycles. The maximum Gasteiger partial charge on any atom is 0.265 e. The molecule has 0 fully saturated rings. The van der Waals surface area contributed by atoms with Crippen molar-refractivity contribution in [1.82, 2.24) is 0 Å². The summed E-state index contributed by atoms with van der Waals surface area (Å²) in [5, 5.41) is 2.24. The largest absolute Gasteiger partial charge is 0.484 e. The first kappa shape index (κ1) is 20.2. The van der Waals surface area contributed by atoms with Crippen LogP contribution < -0.4 is 9.64 Å². The first-order chi connectivity index (χ1) is 14.6. The second-order valence-corrected chi connectivity index (χ2v) is 8.16. The van der Waals surface area contributed by atoms with E-state index in [2.05, 4.69) is 22.0 Å². The van der Waals surface area contributed by atoms with Gasteiger partial charge in [-0.25, -0.2) is 0 Å². The number of fused-ring (bicyclic) bond motifs is 1. The zero-order chi connectivity index (χ0) is 20.9. The molecular formula is C26H22BrNO2. The maximum atomic E-state index is 13.1. The first-order valence-corrected chi connectivity index (χ1v) is 10.6. The Morgan fingerprint density at radius 2 is 1.57 bits per heavy atom. The average molecular weight is 460 g/mol. The lowest BCUT2D eigenvalue weighted by Gasteiger charge is -2.23. The third-order valence-electron chi connectivity index (χ3n) is 4.98. The van der Waals surface area contributed by atoms with Crippen molar-refractivity contribution in [2.24, 2.45) is 0 Å². The van der Waals surface area contributed by atoms with Crippen molar-refractivity contribution in [3.05, 3.63) is 107 Å². The molecule has 30 heavy (non-hydrogen) atoms. The topological polar surface area (TPSA) is 29.5 Å². The van der Waals surface area contributed by atoms with Crippen molar-refractivity contribution in [2.75, 3.05) is 11.5 Å². The molecule has 0 spiro atoms. The van der Waals surface area contributed by atoms with Gasteiger partial charge < -0.3 is 9.64 Å². The maximum absolute atomic E-state index is 13.1. The lowest BCUT2D eigenvalue weighted by molar-refractivity contribution is -0.120. The molecule has 150 valence electrons. The molecule has 0 heterocycles. The Bertz CT molecular complexity index is 1150. The minimum absolute atomic E-state index is 0.0251. The van der Waals surface area contributed by atoms with Crippen LogP contribution in [0, 0.1) is 6.92 Å². The molecule has 0 bridgehead atoms. The molecule has 3 nitrogen and oxygen atoms in total. The van der Waals surface area contributed by atoms with E-state index in [1.807, 2.05) is 91.9 Å². The summed E-state index contributed by atoms with van der Waals surface area (Å²) in [5.41, 5.74) is 3.07. The summed E-state index contributed by atoms with van der Waals surface area (Å²) in [6.45, 7) is 2.49. The van der Waals surface area contributed by atoms with Gasteiger partial charge in [0.25, 0.3) is 5.91 Å². The monoisotopic (exact) mass is 459 g/mol. The lowest BCUT2D eigenvalue weighted by atomic mass is 10.1. The van der Waals surface area contributed by atoms with Crippen LogP contribution in [0.3, 0.4) is 0 Å². The van der Waals surface area contributed by atoms with Gasteiger partial charge in [0.1, 0.15) is 5.75 Å². The van der Waals surface area contributed by atoms with Crippen molar-refractivity contribution >= 4 is 38.3 Å². The molecule has 1 amide bonds. The van der Waals surface area contributed by atoms with Crippen LogP contribution in [0.4, 0.5) is 5.69 Å². The number of nitrogens with zero attached hydrogens (tertiary/aromatic N) is 1. The van der Waals surface area contributed by atoms with Crippen molar-refractivity contribution < 1.29 is 9.53 Å².